The van der Waals surface area contributed by atoms with Gasteiger partial charge in [0.25, 0.3) is 0 Å². The molecule has 0 aromatic heterocycles. The van der Waals surface area contributed by atoms with Gasteiger partial charge in [0.15, 0.2) is 0 Å². The quantitative estimate of drug-likeness (QED) is 0.0973. The molecule has 0 aromatic rings. The van der Waals surface area contributed by atoms with Gasteiger partial charge in [0, 0.05) is 5.88 Å². The summed E-state index contributed by atoms with van der Waals surface area (Å²) in [5.74, 6) is 0.846. The summed E-state index contributed by atoms with van der Waals surface area (Å²) in [6, 6.07) is 0. The van der Waals surface area contributed by atoms with Crippen LogP contribution in [0.2, 0.25) is 0 Å². The van der Waals surface area contributed by atoms with E-state index in [1.54, 1.807) is 0 Å². The predicted octanol–water partition coefficient (Wildman–Crippen LogP) is 9.07. The van der Waals surface area contributed by atoms with Crippen LogP contribution >= 0.6 is 34.2 Å². The first-order chi connectivity index (χ1) is 11.4. The minimum Gasteiger partial charge on any atom is -0.127 e. The number of alkyl halides is 2. The molecule has 23 heavy (non-hydrogen) atoms. The molecule has 2 heteroatoms. The first-order valence-electron chi connectivity index (χ1n) is 10.5. The van der Waals surface area contributed by atoms with Gasteiger partial charge in [0.05, 0.1) is 0 Å². The molecule has 0 spiro atoms. The van der Waals surface area contributed by atoms with E-state index in [0.29, 0.717) is 0 Å². The monoisotopic (exact) mass is 456 g/mol. The van der Waals surface area contributed by atoms with Crippen molar-refractivity contribution in [1.82, 2.24) is 0 Å². The zero-order chi connectivity index (χ0) is 16.8. The zero-order valence-electron chi connectivity index (χ0n) is 15.6. The molecular formula is C21H42ClI. The summed E-state index contributed by atoms with van der Waals surface area (Å²) in [6.45, 7) is 0. The molecule has 0 radical (unpaired) electrons. The Balaban J connectivity index is 2.92. The molecule has 0 fully saturated rings. The van der Waals surface area contributed by atoms with Crippen LogP contribution in [0.5, 0.6) is 0 Å². The Morgan fingerprint density at radius 1 is 0.348 bits per heavy atom. The SMILES string of the molecule is ClCCCCCCCCCCCCCCCCCCCCCI. The van der Waals surface area contributed by atoms with Crippen LogP contribution in [-0.4, -0.2) is 10.3 Å². The van der Waals surface area contributed by atoms with Crippen molar-refractivity contribution in [1.29, 1.82) is 0 Å². The van der Waals surface area contributed by atoms with Crippen molar-refractivity contribution in [2.24, 2.45) is 0 Å². The van der Waals surface area contributed by atoms with E-state index in [-0.39, 0.29) is 0 Å². The van der Waals surface area contributed by atoms with Crippen LogP contribution in [0.3, 0.4) is 0 Å². The average molecular weight is 457 g/mol. The lowest BCUT2D eigenvalue weighted by Gasteiger charge is -2.03. The van der Waals surface area contributed by atoms with Crippen LogP contribution in [0.4, 0.5) is 0 Å². The van der Waals surface area contributed by atoms with Crippen LogP contribution in [0, 0.1) is 0 Å². The van der Waals surface area contributed by atoms with Gasteiger partial charge in [0.1, 0.15) is 0 Å². The lowest BCUT2D eigenvalue weighted by Crippen LogP contribution is -1.84. The first kappa shape index (κ1) is 24.0. The third-order valence-corrected chi connectivity index (χ3v) is 5.80. The van der Waals surface area contributed by atoms with Gasteiger partial charge in [-0.15, -0.1) is 11.6 Å². The Labute approximate surface area is 166 Å². The second kappa shape index (κ2) is 23.0. The van der Waals surface area contributed by atoms with Crippen LogP contribution in [-0.2, 0) is 0 Å². The van der Waals surface area contributed by atoms with Gasteiger partial charge in [-0.3, -0.25) is 0 Å². The second-order valence-corrected chi connectivity index (χ2v) is 8.55. The molecule has 0 aliphatic heterocycles. The molecule has 0 saturated carbocycles. The maximum absolute atomic E-state index is 5.68. The maximum Gasteiger partial charge on any atom is 0.0223 e. The van der Waals surface area contributed by atoms with Gasteiger partial charge >= 0.3 is 0 Å². The maximum atomic E-state index is 5.68. The molecule has 0 saturated heterocycles. The van der Waals surface area contributed by atoms with Crippen molar-refractivity contribution < 1.29 is 0 Å². The van der Waals surface area contributed by atoms with E-state index < -0.39 is 0 Å². The van der Waals surface area contributed by atoms with E-state index in [4.69, 9.17) is 11.6 Å². The average Bonchev–Trinajstić information content (AvgIpc) is 2.57. The van der Waals surface area contributed by atoms with Gasteiger partial charge in [-0.2, -0.15) is 0 Å². The Morgan fingerprint density at radius 3 is 0.783 bits per heavy atom. The predicted molar refractivity (Wildman–Crippen MR) is 117 cm³/mol. The standard InChI is InChI=1S/C21H42ClI/c22-20-18-16-14-12-10-8-6-4-2-1-3-5-7-9-11-13-15-17-19-21-23/h1-21H2. The fourth-order valence-corrected chi connectivity index (χ4v) is 3.92. The van der Waals surface area contributed by atoms with Crippen molar-refractivity contribution in [3.05, 3.63) is 0 Å². The molecule has 0 amide bonds. The van der Waals surface area contributed by atoms with E-state index in [2.05, 4.69) is 22.6 Å². The lowest BCUT2D eigenvalue weighted by molar-refractivity contribution is 0.525. The van der Waals surface area contributed by atoms with Crippen LogP contribution < -0.4 is 0 Å². The highest BCUT2D eigenvalue weighted by molar-refractivity contribution is 14.1. The number of rotatable bonds is 20. The minimum absolute atomic E-state index is 0.846. The Kier molecular flexibility index (Phi) is 24.0. The summed E-state index contributed by atoms with van der Waals surface area (Å²) in [6.07, 6.45) is 27.4. The summed E-state index contributed by atoms with van der Waals surface area (Å²) < 4.78 is 1.34. The van der Waals surface area contributed by atoms with Crippen molar-refractivity contribution >= 4 is 34.2 Å². The zero-order valence-corrected chi connectivity index (χ0v) is 18.5. The normalized spacial score (nSPS) is 11.2. The molecule has 0 aliphatic rings. The van der Waals surface area contributed by atoms with E-state index in [1.165, 1.54) is 126 Å². The third-order valence-electron chi connectivity index (χ3n) is 4.77. The molecular weight excluding hydrogens is 415 g/mol. The summed E-state index contributed by atoms with van der Waals surface area (Å²) in [5.41, 5.74) is 0. The van der Waals surface area contributed by atoms with Crippen molar-refractivity contribution in [3.8, 4) is 0 Å². The highest BCUT2D eigenvalue weighted by atomic mass is 127. The van der Waals surface area contributed by atoms with Crippen molar-refractivity contribution in [2.45, 2.75) is 122 Å². The molecule has 0 nitrogen and oxygen atoms in total. The Bertz CT molecular complexity index is 176. The number of hydrogen-bond acceptors (Lipinski definition) is 0. The molecule has 0 aromatic carbocycles. The minimum atomic E-state index is 0.846. The lowest BCUT2D eigenvalue weighted by atomic mass is 10.0. The summed E-state index contributed by atoms with van der Waals surface area (Å²) in [7, 11) is 0. The van der Waals surface area contributed by atoms with Gasteiger partial charge in [-0.25, -0.2) is 0 Å². The highest BCUT2D eigenvalue weighted by Gasteiger charge is 1.95. The number of unbranched alkanes of at least 4 members (excludes halogenated alkanes) is 18. The molecule has 0 N–H and O–H groups in total. The van der Waals surface area contributed by atoms with E-state index in [0.717, 1.165) is 5.88 Å². The largest absolute Gasteiger partial charge is 0.127 e. The smallest absolute Gasteiger partial charge is 0.0223 e. The Morgan fingerprint density at radius 2 is 0.565 bits per heavy atom. The van der Waals surface area contributed by atoms with Gasteiger partial charge in [-0.05, 0) is 17.3 Å². The summed E-state index contributed by atoms with van der Waals surface area (Å²) in [5, 5.41) is 0. The third kappa shape index (κ3) is 23.0. The van der Waals surface area contributed by atoms with E-state index in [1.807, 2.05) is 0 Å². The molecule has 0 atom stereocenters. The van der Waals surface area contributed by atoms with Gasteiger partial charge in [0.2, 0.25) is 0 Å². The van der Waals surface area contributed by atoms with Crippen LogP contribution in [0.15, 0.2) is 0 Å². The molecule has 140 valence electrons. The summed E-state index contributed by atoms with van der Waals surface area (Å²) >= 11 is 8.17. The van der Waals surface area contributed by atoms with E-state index in [9.17, 15) is 0 Å². The summed E-state index contributed by atoms with van der Waals surface area (Å²) in [4.78, 5) is 0. The van der Waals surface area contributed by atoms with Crippen molar-refractivity contribution in [3.63, 3.8) is 0 Å². The van der Waals surface area contributed by atoms with E-state index >= 15 is 0 Å². The van der Waals surface area contributed by atoms with Crippen molar-refractivity contribution in [2.75, 3.05) is 10.3 Å². The molecule has 0 aliphatic carbocycles. The van der Waals surface area contributed by atoms with Gasteiger partial charge < -0.3 is 0 Å². The molecule has 0 heterocycles. The fourth-order valence-electron chi connectivity index (χ4n) is 3.19. The number of hydrogen-bond donors (Lipinski definition) is 0. The second-order valence-electron chi connectivity index (χ2n) is 7.10. The Hall–Kier alpha value is 1.02. The number of halogens is 2. The molecule has 0 unspecified atom stereocenters. The molecule has 0 bridgehead atoms. The molecule has 0 rings (SSSR count). The fraction of sp³-hybridized carbons (Fsp3) is 1.00. The highest BCUT2D eigenvalue weighted by Crippen LogP contribution is 2.14. The van der Waals surface area contributed by atoms with Crippen LogP contribution in [0.25, 0.3) is 0 Å². The van der Waals surface area contributed by atoms with Gasteiger partial charge in [-0.1, -0.05) is 132 Å². The van der Waals surface area contributed by atoms with Crippen LogP contribution in [0.1, 0.15) is 122 Å². The first-order valence-corrected chi connectivity index (χ1v) is 12.6. The topological polar surface area (TPSA) is 0 Å².